The molecule has 0 radical (unpaired) electrons. The predicted molar refractivity (Wildman–Crippen MR) is 44.1 cm³/mol. The Kier molecular flexibility index (Phi) is 2.86. The number of Topliss-reactive ketones (excluding diaryl/α,β-unsaturated/α-hetero) is 1. The van der Waals surface area contributed by atoms with Gasteiger partial charge in [-0.1, -0.05) is 15.9 Å². The van der Waals surface area contributed by atoms with Crippen LogP contribution in [0.2, 0.25) is 0 Å². The third kappa shape index (κ3) is 2.80. The molecule has 1 atom stereocenters. The van der Waals surface area contributed by atoms with Crippen molar-refractivity contribution in [1.82, 2.24) is 5.32 Å². The Morgan fingerprint density at radius 1 is 1.80 bits per heavy atom. The summed E-state index contributed by atoms with van der Waals surface area (Å²) in [5.74, 6) is 0.986. The summed E-state index contributed by atoms with van der Waals surface area (Å²) in [6, 6.07) is 0. The van der Waals surface area contributed by atoms with Crippen molar-refractivity contribution in [2.24, 2.45) is 5.92 Å². The summed E-state index contributed by atoms with van der Waals surface area (Å²) >= 11 is 3.24. The number of carbonyl (C=O) groups excluding carboxylic acids is 1. The first-order chi connectivity index (χ1) is 4.70. The van der Waals surface area contributed by atoms with Gasteiger partial charge in [-0.25, -0.2) is 0 Å². The molecule has 0 amide bonds. The van der Waals surface area contributed by atoms with Crippen molar-refractivity contribution in [2.75, 3.05) is 6.54 Å². The third-order valence-corrected chi connectivity index (χ3v) is 2.61. The predicted octanol–water partition coefficient (Wildman–Crippen LogP) is 1.30. The van der Waals surface area contributed by atoms with Gasteiger partial charge in [0, 0.05) is 0 Å². The summed E-state index contributed by atoms with van der Waals surface area (Å²) in [6.45, 7) is 2.56. The van der Waals surface area contributed by atoms with Crippen molar-refractivity contribution in [3.8, 4) is 0 Å². The van der Waals surface area contributed by atoms with Crippen molar-refractivity contribution in [1.29, 1.82) is 0 Å². The van der Waals surface area contributed by atoms with Crippen LogP contribution in [0.1, 0.15) is 19.8 Å². The van der Waals surface area contributed by atoms with Crippen LogP contribution in [-0.4, -0.2) is 17.3 Å². The molecule has 1 aliphatic rings. The first-order valence-corrected chi connectivity index (χ1v) is 4.49. The van der Waals surface area contributed by atoms with E-state index in [1.165, 1.54) is 12.8 Å². The van der Waals surface area contributed by atoms with Gasteiger partial charge >= 0.3 is 0 Å². The van der Waals surface area contributed by atoms with Gasteiger partial charge in [0.1, 0.15) is 4.95 Å². The van der Waals surface area contributed by atoms with E-state index in [4.69, 9.17) is 0 Å². The van der Waals surface area contributed by atoms with E-state index in [9.17, 15) is 4.79 Å². The molecule has 0 aromatic heterocycles. The zero-order chi connectivity index (χ0) is 7.56. The number of carbonyl (C=O) groups is 1. The molecule has 1 fully saturated rings. The van der Waals surface area contributed by atoms with Gasteiger partial charge in [0.25, 0.3) is 0 Å². The Labute approximate surface area is 69.5 Å². The fraction of sp³-hybridized carbons (Fsp3) is 0.857. The molecular weight excluding hydrogens is 194 g/mol. The van der Waals surface area contributed by atoms with Crippen molar-refractivity contribution in [2.45, 2.75) is 24.7 Å². The normalized spacial score (nSPS) is 20.6. The number of nitrogens with one attached hydrogen (secondary N) is 1. The molecule has 0 spiro atoms. The Bertz CT molecular complexity index is 134. The van der Waals surface area contributed by atoms with Crippen LogP contribution in [0.25, 0.3) is 0 Å². The molecule has 0 bridgehead atoms. The van der Waals surface area contributed by atoms with Crippen LogP contribution in [0, 0.1) is 5.92 Å². The van der Waals surface area contributed by atoms with Gasteiger partial charge in [0.2, 0.25) is 0 Å². The lowest BCUT2D eigenvalue weighted by Gasteiger charge is -2.06. The number of rotatable bonds is 4. The van der Waals surface area contributed by atoms with Gasteiger partial charge < -0.3 is 0 Å². The molecule has 1 rings (SSSR count). The summed E-state index contributed by atoms with van der Waals surface area (Å²) < 4.78 is 0. The molecule has 0 aromatic rings. The summed E-state index contributed by atoms with van der Waals surface area (Å²) in [7, 11) is 0. The molecule has 58 valence electrons. The Morgan fingerprint density at radius 3 is 2.80 bits per heavy atom. The molecule has 0 aromatic carbocycles. The van der Waals surface area contributed by atoms with Crippen LogP contribution in [0.4, 0.5) is 0 Å². The van der Waals surface area contributed by atoms with E-state index in [0.29, 0.717) is 0 Å². The molecule has 1 aliphatic carbocycles. The Hall–Kier alpha value is 0.110. The number of hydrogen-bond acceptors (Lipinski definition) is 2. The zero-order valence-corrected chi connectivity index (χ0v) is 7.65. The second-order valence-electron chi connectivity index (χ2n) is 2.82. The minimum Gasteiger partial charge on any atom is -0.298 e. The van der Waals surface area contributed by atoms with Crippen LogP contribution in [-0.2, 0) is 4.79 Å². The Morgan fingerprint density at radius 2 is 2.40 bits per heavy atom. The fourth-order valence-electron chi connectivity index (χ4n) is 0.736. The minimum atomic E-state index is -0.131. The van der Waals surface area contributed by atoms with Crippen LogP contribution < -0.4 is 5.32 Å². The fourth-order valence-corrected chi connectivity index (χ4v) is 0.923. The average molecular weight is 206 g/mol. The maximum Gasteiger partial charge on any atom is 0.157 e. The number of halogens is 1. The topological polar surface area (TPSA) is 29.1 Å². The van der Waals surface area contributed by atoms with E-state index < -0.39 is 0 Å². The quantitative estimate of drug-likeness (QED) is 0.554. The average Bonchev–Trinajstić information content (AvgIpc) is 2.64. The van der Waals surface area contributed by atoms with E-state index in [1.54, 1.807) is 6.92 Å². The lowest BCUT2D eigenvalue weighted by molar-refractivity contribution is -0.116. The van der Waals surface area contributed by atoms with Crippen molar-refractivity contribution in [3.05, 3.63) is 0 Å². The van der Waals surface area contributed by atoms with E-state index >= 15 is 0 Å². The second-order valence-corrected chi connectivity index (χ2v) is 3.74. The van der Waals surface area contributed by atoms with Gasteiger partial charge in [0.05, 0.1) is 0 Å². The number of ketones is 1. The maximum atomic E-state index is 10.7. The van der Waals surface area contributed by atoms with Gasteiger partial charge in [-0.2, -0.15) is 0 Å². The summed E-state index contributed by atoms with van der Waals surface area (Å²) in [5.41, 5.74) is 0. The summed E-state index contributed by atoms with van der Waals surface area (Å²) in [6.07, 6.45) is 2.65. The highest BCUT2D eigenvalue weighted by molar-refractivity contribution is 9.10. The molecule has 1 unspecified atom stereocenters. The first kappa shape index (κ1) is 8.21. The van der Waals surface area contributed by atoms with E-state index in [2.05, 4.69) is 21.2 Å². The van der Waals surface area contributed by atoms with Gasteiger partial charge in [0.15, 0.2) is 5.78 Å². The third-order valence-electron chi connectivity index (χ3n) is 1.64. The van der Waals surface area contributed by atoms with Crippen molar-refractivity contribution >= 4 is 21.7 Å². The summed E-state index contributed by atoms with van der Waals surface area (Å²) in [4.78, 5) is 10.5. The minimum absolute atomic E-state index is 0.131. The van der Waals surface area contributed by atoms with Gasteiger partial charge in [-0.15, -0.1) is 0 Å². The highest BCUT2D eigenvalue weighted by atomic mass is 79.9. The standard InChI is InChI=1S/C7H12BrNO/c1-5(10)7(8)9-4-6-2-3-6/h6-7,9H,2-4H2,1H3. The zero-order valence-electron chi connectivity index (χ0n) is 6.06. The monoisotopic (exact) mass is 205 g/mol. The molecule has 0 saturated heterocycles. The second kappa shape index (κ2) is 3.49. The van der Waals surface area contributed by atoms with Crippen molar-refractivity contribution in [3.63, 3.8) is 0 Å². The molecule has 0 aliphatic heterocycles. The molecule has 0 heterocycles. The lowest BCUT2D eigenvalue weighted by atomic mass is 10.4. The SMILES string of the molecule is CC(=O)C(Br)NCC1CC1. The van der Waals surface area contributed by atoms with Crippen LogP contribution in [0.15, 0.2) is 0 Å². The van der Waals surface area contributed by atoms with E-state index in [-0.39, 0.29) is 10.7 Å². The van der Waals surface area contributed by atoms with Gasteiger partial charge in [-0.3, -0.25) is 10.1 Å². The van der Waals surface area contributed by atoms with Crippen LogP contribution in [0.5, 0.6) is 0 Å². The van der Waals surface area contributed by atoms with Crippen LogP contribution >= 0.6 is 15.9 Å². The van der Waals surface area contributed by atoms with Gasteiger partial charge in [-0.05, 0) is 32.2 Å². The highest BCUT2D eigenvalue weighted by Gasteiger charge is 2.22. The summed E-state index contributed by atoms with van der Waals surface area (Å²) in [5, 5.41) is 3.11. The Balaban J connectivity index is 2.05. The highest BCUT2D eigenvalue weighted by Crippen LogP contribution is 2.27. The number of hydrogen-bond donors (Lipinski definition) is 1. The van der Waals surface area contributed by atoms with Crippen LogP contribution in [0.3, 0.4) is 0 Å². The smallest absolute Gasteiger partial charge is 0.157 e. The molecule has 2 nitrogen and oxygen atoms in total. The van der Waals surface area contributed by atoms with E-state index in [1.807, 2.05) is 0 Å². The largest absolute Gasteiger partial charge is 0.298 e. The molecular formula is C7H12BrNO. The maximum absolute atomic E-state index is 10.7. The first-order valence-electron chi connectivity index (χ1n) is 3.58. The molecule has 1 saturated carbocycles. The molecule has 10 heavy (non-hydrogen) atoms. The number of alkyl halides is 1. The van der Waals surface area contributed by atoms with E-state index in [0.717, 1.165) is 12.5 Å². The molecule has 3 heteroatoms. The molecule has 1 N–H and O–H groups in total. The lowest BCUT2D eigenvalue weighted by Crippen LogP contribution is -2.31. The van der Waals surface area contributed by atoms with Crippen molar-refractivity contribution < 1.29 is 4.79 Å².